The first kappa shape index (κ1) is 23.5. The molecular formula is C26H29ClN2O4S. The summed E-state index contributed by atoms with van der Waals surface area (Å²) in [6.07, 6.45) is 4.02. The van der Waals surface area contributed by atoms with Gasteiger partial charge in [0, 0.05) is 45.7 Å². The summed E-state index contributed by atoms with van der Waals surface area (Å²) in [7, 11) is -3.08. The van der Waals surface area contributed by atoms with Gasteiger partial charge in [0.05, 0.1) is 23.9 Å². The van der Waals surface area contributed by atoms with Gasteiger partial charge in [-0.25, -0.2) is 8.42 Å². The van der Waals surface area contributed by atoms with Gasteiger partial charge in [-0.05, 0) is 68.5 Å². The molecule has 1 N–H and O–H groups in total. The van der Waals surface area contributed by atoms with E-state index < -0.39 is 9.84 Å². The number of carbonyl (C=O) groups is 1. The Bertz CT molecular complexity index is 1360. The highest BCUT2D eigenvalue weighted by Crippen LogP contribution is 2.38. The lowest BCUT2D eigenvalue weighted by molar-refractivity contribution is 0.0874. The van der Waals surface area contributed by atoms with Crippen LogP contribution in [0.1, 0.15) is 40.9 Å². The third kappa shape index (κ3) is 4.31. The topological polar surface area (TPSA) is 79.6 Å². The highest BCUT2D eigenvalue weighted by atomic mass is 35.5. The molecule has 0 spiro atoms. The van der Waals surface area contributed by atoms with Crippen LogP contribution in [0, 0.1) is 6.92 Å². The number of ketones is 1. The minimum Gasteiger partial charge on any atom is -0.391 e. The molecule has 0 saturated carbocycles. The van der Waals surface area contributed by atoms with E-state index >= 15 is 0 Å². The van der Waals surface area contributed by atoms with Gasteiger partial charge in [-0.1, -0.05) is 23.7 Å². The summed E-state index contributed by atoms with van der Waals surface area (Å²) < 4.78 is 25.4. The zero-order valence-corrected chi connectivity index (χ0v) is 20.9. The molecule has 2 aliphatic heterocycles. The molecule has 2 fully saturated rings. The molecule has 1 aromatic heterocycles. The lowest BCUT2D eigenvalue weighted by Gasteiger charge is -2.21. The number of Topliss-reactive ketones (excluding diaryl/α,β-unsaturated/α-hetero) is 1. The first-order valence-corrected chi connectivity index (χ1v) is 14.1. The Balaban J connectivity index is 1.58. The van der Waals surface area contributed by atoms with Crippen LogP contribution in [0.2, 0.25) is 5.02 Å². The molecule has 6 nitrogen and oxygen atoms in total. The number of hydrogen-bond donors (Lipinski definition) is 1. The van der Waals surface area contributed by atoms with Crippen molar-refractivity contribution in [3.63, 3.8) is 0 Å². The van der Waals surface area contributed by atoms with Crippen molar-refractivity contribution in [2.45, 2.75) is 50.8 Å². The first-order valence-electron chi connectivity index (χ1n) is 11.7. The number of fused-ring (bicyclic) bond motifs is 3. The molecule has 180 valence electrons. The van der Waals surface area contributed by atoms with E-state index in [1.165, 1.54) is 6.26 Å². The minimum atomic E-state index is -3.08. The highest BCUT2D eigenvalue weighted by molar-refractivity contribution is 7.90. The number of halogens is 1. The van der Waals surface area contributed by atoms with Gasteiger partial charge >= 0.3 is 0 Å². The number of hydrogen-bond acceptors (Lipinski definition) is 5. The Morgan fingerprint density at radius 1 is 1.15 bits per heavy atom. The van der Waals surface area contributed by atoms with Crippen LogP contribution in [0.4, 0.5) is 0 Å². The zero-order valence-electron chi connectivity index (χ0n) is 19.4. The summed E-state index contributed by atoms with van der Waals surface area (Å²) >= 11 is 6.12. The van der Waals surface area contributed by atoms with Crippen LogP contribution < -0.4 is 0 Å². The van der Waals surface area contributed by atoms with Crippen molar-refractivity contribution >= 4 is 38.1 Å². The molecule has 5 rings (SSSR count). The molecule has 2 aliphatic rings. The Morgan fingerprint density at radius 3 is 2.50 bits per heavy atom. The van der Waals surface area contributed by atoms with E-state index in [1.807, 2.05) is 49.4 Å². The molecule has 0 amide bonds. The van der Waals surface area contributed by atoms with Gasteiger partial charge in [0.2, 0.25) is 0 Å². The van der Waals surface area contributed by atoms with E-state index in [1.54, 1.807) is 0 Å². The van der Waals surface area contributed by atoms with Crippen molar-refractivity contribution in [1.29, 1.82) is 0 Å². The fourth-order valence-electron chi connectivity index (χ4n) is 5.75. The fourth-order valence-corrected chi connectivity index (χ4v) is 6.49. The molecule has 3 heterocycles. The number of rotatable bonds is 7. The molecule has 0 aliphatic carbocycles. The van der Waals surface area contributed by atoms with E-state index in [0.717, 1.165) is 47.1 Å². The fraction of sp³-hybridized carbons (Fsp3) is 0.423. The third-order valence-electron chi connectivity index (χ3n) is 7.37. The molecule has 0 unspecified atom stereocenters. The van der Waals surface area contributed by atoms with Gasteiger partial charge in [0.1, 0.15) is 9.84 Å². The number of aliphatic hydroxyl groups excluding tert-OH is 1. The average molecular weight is 501 g/mol. The number of sulfone groups is 1. The molecule has 34 heavy (non-hydrogen) atoms. The number of carbonyl (C=O) groups excluding carboxylic acids is 1. The van der Waals surface area contributed by atoms with Gasteiger partial charge in [-0.2, -0.15) is 0 Å². The Hall–Kier alpha value is -2.19. The van der Waals surface area contributed by atoms with Crippen LogP contribution >= 0.6 is 11.6 Å². The number of aliphatic hydroxyl groups is 1. The van der Waals surface area contributed by atoms with Crippen LogP contribution in [0.5, 0.6) is 0 Å². The zero-order chi connectivity index (χ0) is 24.2. The van der Waals surface area contributed by atoms with Gasteiger partial charge in [0.25, 0.3) is 0 Å². The second-order valence-electron chi connectivity index (χ2n) is 9.70. The Morgan fingerprint density at radius 2 is 1.88 bits per heavy atom. The van der Waals surface area contributed by atoms with Crippen LogP contribution in [0.25, 0.3) is 16.6 Å². The van der Waals surface area contributed by atoms with Crippen molar-refractivity contribution in [3.05, 3.63) is 64.3 Å². The van der Waals surface area contributed by atoms with E-state index in [4.69, 9.17) is 11.6 Å². The lowest BCUT2D eigenvalue weighted by atomic mass is 9.98. The largest absolute Gasteiger partial charge is 0.391 e. The van der Waals surface area contributed by atoms with Crippen molar-refractivity contribution in [2.75, 3.05) is 18.6 Å². The van der Waals surface area contributed by atoms with Crippen molar-refractivity contribution in [1.82, 2.24) is 9.47 Å². The van der Waals surface area contributed by atoms with Gasteiger partial charge < -0.3 is 9.67 Å². The van der Waals surface area contributed by atoms with Crippen molar-refractivity contribution in [3.8, 4) is 5.69 Å². The van der Waals surface area contributed by atoms with Gasteiger partial charge in [-0.3, -0.25) is 9.69 Å². The number of benzene rings is 2. The molecule has 3 atom stereocenters. The quantitative estimate of drug-likeness (QED) is 0.497. The molecule has 3 aromatic rings. The summed E-state index contributed by atoms with van der Waals surface area (Å²) in [4.78, 5) is 15.8. The van der Waals surface area contributed by atoms with Gasteiger partial charge in [0.15, 0.2) is 5.78 Å². The summed E-state index contributed by atoms with van der Waals surface area (Å²) in [5.41, 5.74) is 4.20. The monoisotopic (exact) mass is 500 g/mol. The third-order valence-corrected chi connectivity index (χ3v) is 8.57. The molecule has 2 bridgehead atoms. The second kappa shape index (κ2) is 8.79. The smallest absolute Gasteiger partial charge is 0.179 e. The summed E-state index contributed by atoms with van der Waals surface area (Å²) in [5.74, 6) is 0.121. The number of nitrogens with zero attached hydrogens (tertiary/aromatic N) is 2. The van der Waals surface area contributed by atoms with E-state index in [9.17, 15) is 18.3 Å². The molecule has 2 aromatic carbocycles. The predicted octanol–water partition coefficient (Wildman–Crippen LogP) is 3.96. The maximum absolute atomic E-state index is 13.7. The van der Waals surface area contributed by atoms with Crippen LogP contribution in [0.3, 0.4) is 0 Å². The van der Waals surface area contributed by atoms with Crippen molar-refractivity contribution < 1.29 is 18.3 Å². The molecule has 2 saturated heterocycles. The van der Waals surface area contributed by atoms with Crippen LogP contribution in [0.15, 0.2) is 42.5 Å². The summed E-state index contributed by atoms with van der Waals surface area (Å²) in [5, 5.41) is 11.8. The SMILES string of the molecule is Cc1c(C(=O)CN2[C@H]3CC[C@@H]2[C@@H](O)C3)c2ccc(CCS(C)(=O)=O)cc2n1-c1ccc(Cl)cc1. The Kier molecular flexibility index (Phi) is 6.09. The Labute approximate surface area is 205 Å². The first-order chi connectivity index (χ1) is 16.1. The molecular weight excluding hydrogens is 472 g/mol. The summed E-state index contributed by atoms with van der Waals surface area (Å²) in [6.45, 7) is 2.24. The van der Waals surface area contributed by atoms with E-state index in [-0.39, 0.29) is 29.7 Å². The van der Waals surface area contributed by atoms with E-state index in [0.29, 0.717) is 23.6 Å². The van der Waals surface area contributed by atoms with Gasteiger partial charge in [-0.15, -0.1) is 0 Å². The molecule has 0 radical (unpaired) electrons. The summed E-state index contributed by atoms with van der Waals surface area (Å²) in [6, 6.07) is 13.7. The maximum Gasteiger partial charge on any atom is 0.179 e. The standard InChI is InChI=1S/C26H29ClN2O4S/c1-16-26(25(31)15-28-20-8-10-22(28)24(30)14-20)21-9-3-17(11-12-34(2,32)33)13-23(21)29(16)19-6-4-18(27)5-7-19/h3-7,9,13,20,22,24,30H,8,10-12,14-15H2,1-2H3/t20-,22+,24-/m0/s1. The van der Waals surface area contributed by atoms with E-state index in [2.05, 4.69) is 9.47 Å². The van der Waals surface area contributed by atoms with Crippen molar-refractivity contribution in [2.24, 2.45) is 0 Å². The second-order valence-corrected chi connectivity index (χ2v) is 12.4. The predicted molar refractivity (Wildman–Crippen MR) is 135 cm³/mol. The number of aromatic nitrogens is 1. The van der Waals surface area contributed by atoms with Crippen LogP contribution in [-0.4, -0.2) is 65.5 Å². The normalized spacial score (nSPS) is 22.6. The average Bonchev–Trinajstić information content (AvgIpc) is 3.39. The lowest BCUT2D eigenvalue weighted by Crippen LogP contribution is -2.36. The molecule has 8 heteroatoms. The highest BCUT2D eigenvalue weighted by Gasteiger charge is 2.46. The maximum atomic E-state index is 13.7. The number of aryl methyl sites for hydroxylation is 1. The van der Waals surface area contributed by atoms with Crippen LogP contribution in [-0.2, 0) is 16.3 Å². The minimum absolute atomic E-state index is 0.0464.